The minimum Gasteiger partial charge on any atom is -0.371 e. The maximum atomic E-state index is 11.7. The van der Waals surface area contributed by atoms with Gasteiger partial charge in [0.2, 0.25) is 5.91 Å². The van der Waals surface area contributed by atoms with Crippen molar-refractivity contribution in [3.63, 3.8) is 0 Å². The van der Waals surface area contributed by atoms with Gasteiger partial charge in [0.15, 0.2) is 0 Å². The third-order valence-electron chi connectivity index (χ3n) is 3.94. The van der Waals surface area contributed by atoms with E-state index in [1.807, 2.05) is 6.92 Å². The summed E-state index contributed by atoms with van der Waals surface area (Å²) in [4.78, 5) is 15.7. The zero-order valence-electron chi connectivity index (χ0n) is 12.7. The molecule has 4 nitrogen and oxygen atoms in total. The van der Waals surface area contributed by atoms with Crippen LogP contribution in [0, 0.1) is 0 Å². The fraction of sp³-hybridized carbons (Fsp3) is 0.562. The third kappa shape index (κ3) is 3.31. The molecule has 0 aliphatic carbocycles. The van der Waals surface area contributed by atoms with Crippen molar-refractivity contribution in [3.8, 4) is 0 Å². The molecule has 1 aliphatic rings. The molecule has 0 saturated carbocycles. The summed E-state index contributed by atoms with van der Waals surface area (Å²) >= 11 is 0. The summed E-state index contributed by atoms with van der Waals surface area (Å²) in [5.41, 5.74) is 9.77. The number of amides is 1. The molecular formula is C16H25N3O. The standard InChI is InChI=1S/C16H25N3O/c1-12(17)13-6-7-15-14(11-13)5-4-9-19(15)10-8-16(20)18(2)3/h6-7,11-12H,4-5,8-10,17H2,1-3H3. The van der Waals surface area contributed by atoms with Crippen LogP contribution in [0.3, 0.4) is 0 Å². The molecular weight excluding hydrogens is 250 g/mol. The van der Waals surface area contributed by atoms with E-state index in [-0.39, 0.29) is 11.9 Å². The zero-order chi connectivity index (χ0) is 14.7. The zero-order valence-corrected chi connectivity index (χ0v) is 12.7. The van der Waals surface area contributed by atoms with E-state index in [0.29, 0.717) is 6.42 Å². The maximum absolute atomic E-state index is 11.7. The molecule has 0 radical (unpaired) electrons. The minimum absolute atomic E-state index is 0.0750. The summed E-state index contributed by atoms with van der Waals surface area (Å²) in [5, 5.41) is 0. The molecule has 0 fully saturated rings. The van der Waals surface area contributed by atoms with E-state index in [2.05, 4.69) is 23.1 Å². The Labute approximate surface area is 121 Å². The van der Waals surface area contributed by atoms with Gasteiger partial charge in [-0.25, -0.2) is 0 Å². The van der Waals surface area contributed by atoms with Crippen molar-refractivity contribution in [1.82, 2.24) is 4.90 Å². The molecule has 1 heterocycles. The van der Waals surface area contributed by atoms with Crippen LogP contribution in [0.4, 0.5) is 5.69 Å². The average molecular weight is 275 g/mol. The Morgan fingerprint density at radius 3 is 2.85 bits per heavy atom. The van der Waals surface area contributed by atoms with Crippen LogP contribution in [0.25, 0.3) is 0 Å². The molecule has 0 spiro atoms. The van der Waals surface area contributed by atoms with Crippen LogP contribution in [0.1, 0.15) is 36.9 Å². The number of nitrogens with zero attached hydrogens (tertiary/aromatic N) is 2. The van der Waals surface area contributed by atoms with Crippen molar-refractivity contribution < 1.29 is 4.79 Å². The van der Waals surface area contributed by atoms with Crippen LogP contribution in [0.15, 0.2) is 18.2 Å². The van der Waals surface area contributed by atoms with Crippen LogP contribution in [-0.4, -0.2) is 38.0 Å². The third-order valence-corrected chi connectivity index (χ3v) is 3.94. The minimum atomic E-state index is 0.0750. The Bertz CT molecular complexity index is 483. The summed E-state index contributed by atoms with van der Waals surface area (Å²) < 4.78 is 0. The number of anilines is 1. The molecule has 1 aromatic rings. The molecule has 0 saturated heterocycles. The summed E-state index contributed by atoms with van der Waals surface area (Å²) in [5.74, 6) is 0.185. The number of carbonyl (C=O) groups excluding carboxylic acids is 1. The van der Waals surface area contributed by atoms with E-state index in [9.17, 15) is 4.79 Å². The quantitative estimate of drug-likeness (QED) is 0.913. The molecule has 20 heavy (non-hydrogen) atoms. The van der Waals surface area contributed by atoms with Crippen LogP contribution in [-0.2, 0) is 11.2 Å². The van der Waals surface area contributed by atoms with Gasteiger partial charge in [-0.1, -0.05) is 12.1 Å². The van der Waals surface area contributed by atoms with Gasteiger partial charge in [0, 0.05) is 45.3 Å². The molecule has 1 amide bonds. The summed E-state index contributed by atoms with van der Waals surface area (Å²) in [6.07, 6.45) is 2.82. The molecule has 1 unspecified atom stereocenters. The van der Waals surface area contributed by atoms with E-state index in [0.717, 1.165) is 25.9 Å². The first-order chi connectivity index (χ1) is 9.49. The van der Waals surface area contributed by atoms with Gasteiger partial charge in [0.25, 0.3) is 0 Å². The fourth-order valence-corrected chi connectivity index (χ4v) is 2.66. The topological polar surface area (TPSA) is 49.6 Å². The van der Waals surface area contributed by atoms with Crippen LogP contribution >= 0.6 is 0 Å². The highest BCUT2D eigenvalue weighted by molar-refractivity contribution is 5.76. The molecule has 0 aromatic heterocycles. The van der Waals surface area contributed by atoms with E-state index in [1.165, 1.54) is 16.8 Å². The number of aryl methyl sites for hydroxylation is 1. The largest absolute Gasteiger partial charge is 0.371 e. The lowest BCUT2D eigenvalue weighted by Crippen LogP contribution is -2.34. The second-order valence-electron chi connectivity index (χ2n) is 5.81. The first kappa shape index (κ1) is 14.9. The smallest absolute Gasteiger partial charge is 0.223 e. The predicted molar refractivity (Wildman–Crippen MR) is 82.9 cm³/mol. The van der Waals surface area contributed by atoms with Crippen molar-refractivity contribution in [3.05, 3.63) is 29.3 Å². The lowest BCUT2D eigenvalue weighted by atomic mass is 9.97. The summed E-state index contributed by atoms with van der Waals surface area (Å²) in [7, 11) is 3.61. The number of fused-ring (bicyclic) bond motifs is 1. The number of rotatable bonds is 4. The Balaban J connectivity index is 2.10. The Morgan fingerprint density at radius 1 is 1.45 bits per heavy atom. The number of benzene rings is 1. The first-order valence-electron chi connectivity index (χ1n) is 7.32. The average Bonchev–Trinajstić information content (AvgIpc) is 2.43. The van der Waals surface area contributed by atoms with Crippen molar-refractivity contribution in [2.75, 3.05) is 32.1 Å². The Morgan fingerprint density at radius 2 is 2.20 bits per heavy atom. The highest BCUT2D eigenvalue weighted by Crippen LogP contribution is 2.29. The molecule has 110 valence electrons. The second-order valence-corrected chi connectivity index (χ2v) is 5.81. The van der Waals surface area contributed by atoms with E-state index >= 15 is 0 Å². The van der Waals surface area contributed by atoms with Gasteiger partial charge in [0.1, 0.15) is 0 Å². The van der Waals surface area contributed by atoms with Gasteiger partial charge in [-0.05, 0) is 37.0 Å². The number of carbonyl (C=O) groups is 1. The Hall–Kier alpha value is -1.55. The molecule has 4 heteroatoms. The molecule has 1 atom stereocenters. The molecule has 1 aromatic carbocycles. The van der Waals surface area contributed by atoms with Gasteiger partial charge in [-0.2, -0.15) is 0 Å². The highest BCUT2D eigenvalue weighted by atomic mass is 16.2. The lowest BCUT2D eigenvalue weighted by molar-refractivity contribution is -0.128. The molecule has 0 bridgehead atoms. The fourth-order valence-electron chi connectivity index (χ4n) is 2.66. The van der Waals surface area contributed by atoms with Crippen LogP contribution < -0.4 is 10.6 Å². The number of nitrogens with two attached hydrogens (primary N) is 1. The summed E-state index contributed by atoms with van der Waals surface area (Å²) in [6.45, 7) is 3.84. The van der Waals surface area contributed by atoms with Crippen molar-refractivity contribution >= 4 is 11.6 Å². The molecule has 2 rings (SSSR count). The number of hydrogen-bond acceptors (Lipinski definition) is 3. The normalized spacial score (nSPS) is 15.7. The van der Waals surface area contributed by atoms with Gasteiger partial charge in [-0.15, -0.1) is 0 Å². The molecule has 1 aliphatic heterocycles. The SMILES string of the molecule is CC(N)c1ccc2c(c1)CCCN2CCC(=O)N(C)C. The Kier molecular flexibility index (Phi) is 4.65. The highest BCUT2D eigenvalue weighted by Gasteiger charge is 2.18. The van der Waals surface area contributed by atoms with Gasteiger partial charge >= 0.3 is 0 Å². The second kappa shape index (κ2) is 6.27. The monoisotopic (exact) mass is 275 g/mol. The van der Waals surface area contributed by atoms with Crippen LogP contribution in [0.5, 0.6) is 0 Å². The van der Waals surface area contributed by atoms with Gasteiger partial charge in [-0.3, -0.25) is 4.79 Å². The first-order valence-corrected chi connectivity index (χ1v) is 7.32. The van der Waals surface area contributed by atoms with E-state index < -0.39 is 0 Å². The lowest BCUT2D eigenvalue weighted by Gasteiger charge is -2.32. The van der Waals surface area contributed by atoms with Gasteiger partial charge < -0.3 is 15.5 Å². The van der Waals surface area contributed by atoms with E-state index in [4.69, 9.17) is 5.73 Å². The van der Waals surface area contributed by atoms with Gasteiger partial charge in [0.05, 0.1) is 0 Å². The van der Waals surface area contributed by atoms with Crippen molar-refractivity contribution in [2.45, 2.75) is 32.2 Å². The number of hydrogen-bond donors (Lipinski definition) is 1. The van der Waals surface area contributed by atoms with Crippen LogP contribution in [0.2, 0.25) is 0 Å². The van der Waals surface area contributed by atoms with E-state index in [1.54, 1.807) is 19.0 Å². The van der Waals surface area contributed by atoms with Crippen molar-refractivity contribution in [1.29, 1.82) is 0 Å². The maximum Gasteiger partial charge on any atom is 0.223 e. The van der Waals surface area contributed by atoms with Crippen molar-refractivity contribution in [2.24, 2.45) is 5.73 Å². The molecule has 2 N–H and O–H groups in total. The summed E-state index contributed by atoms with van der Waals surface area (Å²) in [6, 6.07) is 6.56. The predicted octanol–water partition coefficient (Wildman–Crippen LogP) is 1.94.